The second-order valence-electron chi connectivity index (χ2n) is 24.1. The molecular weight excluding hydrogens is 1110 g/mol. The number of hydrogen-bond acceptors (Lipinski definition) is 1. The van der Waals surface area contributed by atoms with Gasteiger partial charge < -0.3 is 0 Å². The Morgan fingerprint density at radius 3 is 0.946 bits per heavy atom. The number of hydrogen-bond donors (Lipinski definition) is 0. The van der Waals surface area contributed by atoms with E-state index in [0.717, 1.165) is 89.2 Å². The maximum Gasteiger partial charge on any atom is 0.160 e. The van der Waals surface area contributed by atoms with Crippen molar-refractivity contribution in [3.05, 3.63) is 391 Å². The van der Waals surface area contributed by atoms with Crippen molar-refractivity contribution in [2.24, 2.45) is 9.98 Å². The normalized spacial score (nSPS) is 12.7. The lowest BCUT2D eigenvalue weighted by atomic mass is 9.70. The molecule has 2 aliphatic carbocycles. The van der Waals surface area contributed by atoms with Crippen molar-refractivity contribution in [2.45, 2.75) is 12.3 Å². The molecule has 14 aromatic carbocycles. The van der Waals surface area contributed by atoms with Crippen LogP contribution in [0, 0.1) is 0 Å². The molecule has 0 saturated carbocycles. The molecule has 0 heterocycles. The average molecular weight is 1170 g/mol. The van der Waals surface area contributed by atoms with Gasteiger partial charge in [0.15, 0.2) is 5.84 Å². The standard InChI is InChI=1S/C90H62N2/c1-60(66-33-21-36-70(49-66)77-53-75(64-29-11-5-12-30-64)54-78(57-77)71-37-22-34-68(50-71)62-25-7-3-8-26-62)91-89(92-61(2)67-47-48-84-83-43-17-20-46-87(83)90(88(84)59-67)85-44-18-15-41-81(85)82-42-16-19-45-86(82)90)74-40-24-39-73(52-74)80-56-76(65-31-13-6-14-32-65)55-79(58-80)72-38-23-35-69(51-72)63-27-9-4-10-28-63/h3-59H,1H2,2H3. The topological polar surface area (TPSA) is 24.7 Å². The molecule has 0 amide bonds. The number of rotatable bonds is 12. The van der Waals surface area contributed by atoms with Crippen LogP contribution in [0.3, 0.4) is 0 Å². The van der Waals surface area contributed by atoms with Gasteiger partial charge in [0, 0.05) is 16.8 Å². The first-order chi connectivity index (χ1) is 45.4. The van der Waals surface area contributed by atoms with E-state index >= 15 is 0 Å². The quantitative estimate of drug-likeness (QED) is 0.0860. The highest BCUT2D eigenvalue weighted by atomic mass is 14.9. The fraction of sp³-hybridized carbons (Fsp3) is 0.0222. The van der Waals surface area contributed by atoms with Crippen LogP contribution in [0.25, 0.3) is 117 Å². The highest BCUT2D eigenvalue weighted by Crippen LogP contribution is 2.63. The minimum Gasteiger partial charge on any atom is -0.233 e. The lowest BCUT2D eigenvalue weighted by molar-refractivity contribution is 0.793. The molecule has 0 saturated heterocycles. The summed E-state index contributed by atoms with van der Waals surface area (Å²) in [7, 11) is 0. The highest BCUT2D eigenvalue weighted by Gasteiger charge is 2.51. The molecule has 1 spiro atoms. The van der Waals surface area contributed by atoms with Crippen LogP contribution in [0.5, 0.6) is 0 Å². The van der Waals surface area contributed by atoms with E-state index in [0.29, 0.717) is 11.5 Å². The zero-order chi connectivity index (χ0) is 61.5. The Labute approximate surface area is 538 Å². The average Bonchev–Trinajstić information content (AvgIpc) is 1.51. The molecule has 2 nitrogen and oxygen atoms in total. The summed E-state index contributed by atoms with van der Waals surface area (Å²) in [6.45, 7) is 6.90. The van der Waals surface area contributed by atoms with Gasteiger partial charge in [0.25, 0.3) is 0 Å². The molecule has 16 rings (SSSR count). The monoisotopic (exact) mass is 1170 g/mol. The number of fused-ring (bicyclic) bond motifs is 10. The summed E-state index contributed by atoms with van der Waals surface area (Å²) >= 11 is 0. The molecule has 0 bridgehead atoms. The predicted molar refractivity (Wildman–Crippen MR) is 387 cm³/mol. The second kappa shape index (κ2) is 23.6. The molecule has 2 heteroatoms. The molecule has 0 aliphatic heterocycles. The van der Waals surface area contributed by atoms with E-state index < -0.39 is 5.41 Å². The summed E-state index contributed by atoms with van der Waals surface area (Å²) in [6, 6.07) is 125. The molecule has 2 aliphatic rings. The fourth-order valence-corrected chi connectivity index (χ4v) is 14.1. The summed E-state index contributed by atoms with van der Waals surface area (Å²) in [5.41, 5.74) is 32.1. The Morgan fingerprint density at radius 2 is 0.522 bits per heavy atom. The van der Waals surface area contributed by atoms with Gasteiger partial charge in [-0.15, -0.1) is 0 Å². The molecular formula is C90H62N2. The lowest BCUT2D eigenvalue weighted by Crippen LogP contribution is -2.26. The molecule has 0 unspecified atom stereocenters. The van der Waals surface area contributed by atoms with E-state index in [9.17, 15) is 0 Å². The molecule has 0 radical (unpaired) electrons. The first-order valence-electron chi connectivity index (χ1n) is 31.6. The van der Waals surface area contributed by atoms with Crippen molar-refractivity contribution in [3.63, 3.8) is 0 Å². The Balaban J connectivity index is 0.836. The summed E-state index contributed by atoms with van der Waals surface area (Å²) in [4.78, 5) is 11.2. The van der Waals surface area contributed by atoms with E-state index in [4.69, 9.17) is 16.6 Å². The van der Waals surface area contributed by atoms with Crippen LogP contribution in [0.1, 0.15) is 45.9 Å². The van der Waals surface area contributed by atoms with Crippen LogP contribution < -0.4 is 0 Å². The molecule has 432 valence electrons. The molecule has 0 atom stereocenters. The summed E-state index contributed by atoms with van der Waals surface area (Å²) in [5, 5.41) is 0. The predicted octanol–water partition coefficient (Wildman–Crippen LogP) is 23.3. The van der Waals surface area contributed by atoms with Crippen molar-refractivity contribution < 1.29 is 0 Å². The maximum atomic E-state index is 5.67. The first kappa shape index (κ1) is 55.5. The van der Waals surface area contributed by atoms with E-state index in [1.54, 1.807) is 0 Å². The number of benzene rings is 14. The number of aliphatic imine (C=N–C) groups is 2. The smallest absolute Gasteiger partial charge is 0.160 e. The van der Waals surface area contributed by atoms with Crippen LogP contribution in [-0.2, 0) is 5.41 Å². The third-order valence-corrected chi connectivity index (χ3v) is 18.6. The summed E-state index contributed by atoms with van der Waals surface area (Å²) < 4.78 is 0. The maximum absolute atomic E-state index is 5.67. The Hall–Kier alpha value is -11.8. The zero-order valence-corrected chi connectivity index (χ0v) is 51.0. The minimum atomic E-state index is -0.496. The van der Waals surface area contributed by atoms with E-state index in [-0.39, 0.29) is 0 Å². The van der Waals surface area contributed by atoms with Crippen molar-refractivity contribution in [1.29, 1.82) is 0 Å². The molecule has 0 aromatic heterocycles. The zero-order valence-electron chi connectivity index (χ0n) is 51.0. The van der Waals surface area contributed by atoms with E-state index in [2.05, 4.69) is 353 Å². The van der Waals surface area contributed by atoms with Gasteiger partial charge in [0.1, 0.15) is 0 Å². The van der Waals surface area contributed by atoms with Gasteiger partial charge in [-0.25, -0.2) is 9.98 Å². The van der Waals surface area contributed by atoms with Gasteiger partial charge in [0.05, 0.1) is 11.1 Å². The van der Waals surface area contributed by atoms with E-state index in [1.807, 2.05) is 0 Å². The summed E-state index contributed by atoms with van der Waals surface area (Å²) in [6.07, 6.45) is 0. The lowest BCUT2D eigenvalue weighted by Gasteiger charge is -2.30. The SMILES string of the molecule is C=C(N=C(N=C(C)c1ccc2c(c1)C1(c3ccccc3-c3ccccc31)c1ccccc1-2)c1cccc(-c2cc(-c3ccccc3)cc(-c3cccc(-c4ccccc4)c3)c2)c1)c1cccc(-c2cc(-c3ccccc3)cc(-c3cccc(-c4ccccc4)c3)c2)c1. The third kappa shape index (κ3) is 10.1. The van der Waals surface area contributed by atoms with Gasteiger partial charge in [-0.3, -0.25) is 0 Å². The van der Waals surface area contributed by atoms with Crippen LogP contribution >= 0.6 is 0 Å². The minimum absolute atomic E-state index is 0.496. The van der Waals surface area contributed by atoms with Gasteiger partial charge >= 0.3 is 0 Å². The van der Waals surface area contributed by atoms with Gasteiger partial charge in [0.2, 0.25) is 0 Å². The van der Waals surface area contributed by atoms with Crippen molar-refractivity contribution >= 4 is 17.2 Å². The van der Waals surface area contributed by atoms with Crippen molar-refractivity contribution in [2.75, 3.05) is 0 Å². The number of nitrogens with zero attached hydrogens (tertiary/aromatic N) is 2. The Bertz CT molecular complexity index is 5160. The molecule has 92 heavy (non-hydrogen) atoms. The van der Waals surface area contributed by atoms with Crippen LogP contribution in [0.2, 0.25) is 0 Å². The van der Waals surface area contributed by atoms with Gasteiger partial charge in [-0.2, -0.15) is 0 Å². The highest BCUT2D eigenvalue weighted by molar-refractivity contribution is 6.14. The Morgan fingerprint density at radius 1 is 0.228 bits per heavy atom. The van der Waals surface area contributed by atoms with Gasteiger partial charge in [-0.1, -0.05) is 286 Å². The molecule has 14 aromatic rings. The molecule has 0 fully saturated rings. The van der Waals surface area contributed by atoms with Crippen molar-refractivity contribution in [3.8, 4) is 111 Å². The van der Waals surface area contributed by atoms with Crippen LogP contribution in [0.15, 0.2) is 362 Å². The first-order valence-corrected chi connectivity index (χ1v) is 31.6. The summed E-state index contributed by atoms with van der Waals surface area (Å²) in [5.74, 6) is 0.566. The third-order valence-electron chi connectivity index (χ3n) is 18.6. The second-order valence-corrected chi connectivity index (χ2v) is 24.1. The Kier molecular flexibility index (Phi) is 14.2. The van der Waals surface area contributed by atoms with Crippen LogP contribution in [-0.4, -0.2) is 11.5 Å². The van der Waals surface area contributed by atoms with Crippen LogP contribution in [0.4, 0.5) is 0 Å². The van der Waals surface area contributed by atoms with Crippen molar-refractivity contribution in [1.82, 2.24) is 0 Å². The number of amidine groups is 1. The largest absolute Gasteiger partial charge is 0.233 e. The molecule has 0 N–H and O–H groups in total. The van der Waals surface area contributed by atoms with Gasteiger partial charge in [-0.05, 0) is 213 Å². The van der Waals surface area contributed by atoms with E-state index in [1.165, 1.54) is 66.8 Å². The fourth-order valence-electron chi connectivity index (χ4n) is 14.1.